The van der Waals surface area contributed by atoms with E-state index in [1.807, 2.05) is 13.0 Å². The van der Waals surface area contributed by atoms with Crippen LogP contribution in [-0.2, 0) is 9.59 Å². The van der Waals surface area contributed by atoms with Crippen molar-refractivity contribution in [3.8, 4) is 0 Å². The van der Waals surface area contributed by atoms with Crippen molar-refractivity contribution in [2.24, 2.45) is 11.8 Å². The first-order valence-corrected chi connectivity index (χ1v) is 7.11. The fourth-order valence-electron chi connectivity index (χ4n) is 2.42. The van der Waals surface area contributed by atoms with Crippen LogP contribution in [0.15, 0.2) is 28.7 Å². The minimum Gasteiger partial charge on any atom is -0.299 e. The number of carbonyl (C=O) groups is 3. The lowest BCUT2D eigenvalue weighted by atomic mass is 9.78. The average Bonchev–Trinajstić information content (AvgIpc) is 2.33. The summed E-state index contributed by atoms with van der Waals surface area (Å²) < 4.78 is 0.813. The van der Waals surface area contributed by atoms with Gasteiger partial charge >= 0.3 is 0 Å². The Morgan fingerprint density at radius 2 is 1.89 bits per heavy atom. The number of ketones is 3. The van der Waals surface area contributed by atoms with E-state index in [4.69, 9.17) is 0 Å². The lowest BCUT2D eigenvalue weighted by Crippen LogP contribution is -2.34. The molecule has 1 saturated carbocycles. The predicted molar refractivity (Wildman–Crippen MR) is 75.0 cm³/mol. The molecule has 4 heteroatoms. The summed E-state index contributed by atoms with van der Waals surface area (Å²) >= 11 is 3.30. The third kappa shape index (κ3) is 3.38. The molecule has 3 nitrogen and oxygen atoms in total. The zero-order chi connectivity index (χ0) is 14.0. The van der Waals surface area contributed by atoms with E-state index in [0.717, 1.165) is 4.47 Å². The van der Waals surface area contributed by atoms with Crippen LogP contribution < -0.4 is 0 Å². The van der Waals surface area contributed by atoms with E-state index in [-0.39, 0.29) is 29.7 Å². The summed E-state index contributed by atoms with van der Waals surface area (Å²) in [6.45, 7) is 1.89. The number of benzene rings is 1. The van der Waals surface area contributed by atoms with Gasteiger partial charge in [-0.15, -0.1) is 0 Å². The summed E-state index contributed by atoms with van der Waals surface area (Å²) in [4.78, 5) is 35.8. The molecule has 1 aromatic rings. The maximum absolute atomic E-state index is 12.1. The summed E-state index contributed by atoms with van der Waals surface area (Å²) in [7, 11) is 0. The summed E-state index contributed by atoms with van der Waals surface area (Å²) in [6.07, 6.45) is 0.811. The monoisotopic (exact) mass is 322 g/mol. The van der Waals surface area contributed by atoms with Crippen molar-refractivity contribution in [2.45, 2.75) is 26.2 Å². The van der Waals surface area contributed by atoms with Crippen LogP contribution in [0, 0.1) is 11.8 Å². The molecular weight excluding hydrogens is 308 g/mol. The van der Waals surface area contributed by atoms with Gasteiger partial charge in [0.15, 0.2) is 5.78 Å². The number of halogens is 1. The molecule has 0 aromatic heterocycles. The second kappa shape index (κ2) is 5.78. The van der Waals surface area contributed by atoms with Crippen molar-refractivity contribution in [3.63, 3.8) is 0 Å². The van der Waals surface area contributed by atoms with Gasteiger partial charge < -0.3 is 0 Å². The van der Waals surface area contributed by atoms with Gasteiger partial charge in [0.25, 0.3) is 0 Å². The Labute approximate surface area is 120 Å². The van der Waals surface area contributed by atoms with Crippen LogP contribution in [0.25, 0.3) is 0 Å². The second-order valence-electron chi connectivity index (χ2n) is 5.14. The molecule has 100 valence electrons. The van der Waals surface area contributed by atoms with Gasteiger partial charge in [0.05, 0.1) is 5.92 Å². The fraction of sp³-hybridized carbons (Fsp3) is 0.400. The van der Waals surface area contributed by atoms with E-state index in [1.54, 1.807) is 18.2 Å². The third-order valence-electron chi connectivity index (χ3n) is 3.41. The summed E-state index contributed by atoms with van der Waals surface area (Å²) in [6, 6.07) is 7.01. The molecule has 1 aliphatic rings. The number of hydrogen-bond donors (Lipinski definition) is 0. The topological polar surface area (TPSA) is 51.2 Å². The number of rotatable bonds is 3. The van der Waals surface area contributed by atoms with E-state index in [2.05, 4.69) is 15.9 Å². The van der Waals surface area contributed by atoms with Gasteiger partial charge in [0, 0.05) is 29.3 Å². The Kier molecular flexibility index (Phi) is 4.30. The van der Waals surface area contributed by atoms with Gasteiger partial charge in [-0.25, -0.2) is 0 Å². The van der Waals surface area contributed by atoms with Gasteiger partial charge in [-0.05, 0) is 18.1 Å². The normalized spacial score (nSPS) is 23.5. The Bertz CT molecular complexity index is 518. The highest BCUT2D eigenvalue weighted by atomic mass is 79.9. The van der Waals surface area contributed by atoms with Crippen LogP contribution in [0.4, 0.5) is 0 Å². The van der Waals surface area contributed by atoms with E-state index in [9.17, 15) is 14.4 Å². The number of hydrogen-bond acceptors (Lipinski definition) is 3. The highest BCUT2D eigenvalue weighted by molar-refractivity contribution is 9.10. The van der Waals surface area contributed by atoms with Crippen molar-refractivity contribution in [2.75, 3.05) is 0 Å². The van der Waals surface area contributed by atoms with Gasteiger partial charge in [-0.3, -0.25) is 14.4 Å². The first kappa shape index (κ1) is 14.1. The molecule has 0 unspecified atom stereocenters. The molecule has 1 fully saturated rings. The average molecular weight is 323 g/mol. The van der Waals surface area contributed by atoms with Crippen LogP contribution in [0.2, 0.25) is 0 Å². The highest BCUT2D eigenvalue weighted by Gasteiger charge is 2.34. The summed E-state index contributed by atoms with van der Waals surface area (Å²) in [5.41, 5.74) is 0.536. The van der Waals surface area contributed by atoms with Crippen LogP contribution in [0.5, 0.6) is 0 Å². The SMILES string of the molecule is CC1CC(=O)C(CC(=O)c2cccc(Br)c2)C(=O)C1. The molecule has 0 aliphatic heterocycles. The van der Waals surface area contributed by atoms with E-state index < -0.39 is 5.92 Å². The van der Waals surface area contributed by atoms with Crippen LogP contribution in [-0.4, -0.2) is 17.3 Å². The van der Waals surface area contributed by atoms with E-state index in [0.29, 0.717) is 18.4 Å². The van der Waals surface area contributed by atoms with E-state index in [1.165, 1.54) is 0 Å². The van der Waals surface area contributed by atoms with Crippen molar-refractivity contribution in [1.29, 1.82) is 0 Å². The lowest BCUT2D eigenvalue weighted by molar-refractivity contribution is -0.137. The fourth-order valence-corrected chi connectivity index (χ4v) is 2.82. The molecule has 0 heterocycles. The lowest BCUT2D eigenvalue weighted by Gasteiger charge is -2.23. The Morgan fingerprint density at radius 3 is 2.47 bits per heavy atom. The van der Waals surface area contributed by atoms with Crippen LogP contribution in [0.3, 0.4) is 0 Å². The predicted octanol–water partition coefficient (Wildman–Crippen LogP) is 3.21. The van der Waals surface area contributed by atoms with Gasteiger partial charge in [-0.2, -0.15) is 0 Å². The van der Waals surface area contributed by atoms with Crippen LogP contribution in [0.1, 0.15) is 36.5 Å². The van der Waals surface area contributed by atoms with Crippen LogP contribution >= 0.6 is 15.9 Å². The Balaban J connectivity index is 2.10. The molecule has 0 bridgehead atoms. The highest BCUT2D eigenvalue weighted by Crippen LogP contribution is 2.26. The summed E-state index contributed by atoms with van der Waals surface area (Å²) in [5, 5.41) is 0. The molecule has 0 N–H and O–H groups in total. The first-order chi connectivity index (χ1) is 8.97. The molecule has 1 aromatic carbocycles. The standard InChI is InChI=1S/C15H15BrO3/c1-9-5-14(18)12(15(19)6-9)8-13(17)10-3-2-4-11(16)7-10/h2-4,7,9,12H,5-6,8H2,1H3. The summed E-state index contributed by atoms with van der Waals surface area (Å²) in [5.74, 6) is -0.957. The third-order valence-corrected chi connectivity index (χ3v) is 3.91. The first-order valence-electron chi connectivity index (χ1n) is 6.31. The molecule has 0 saturated heterocycles. The largest absolute Gasteiger partial charge is 0.299 e. The van der Waals surface area contributed by atoms with Crippen molar-refractivity contribution < 1.29 is 14.4 Å². The van der Waals surface area contributed by atoms with Gasteiger partial charge in [0.2, 0.25) is 0 Å². The molecule has 0 amide bonds. The Morgan fingerprint density at radius 1 is 1.26 bits per heavy atom. The van der Waals surface area contributed by atoms with Crippen molar-refractivity contribution in [1.82, 2.24) is 0 Å². The minimum absolute atomic E-state index is 0.000833. The number of Topliss-reactive ketones (excluding diaryl/α,β-unsaturated/α-hetero) is 3. The maximum atomic E-state index is 12.1. The molecule has 0 atom stereocenters. The Hall–Kier alpha value is -1.29. The smallest absolute Gasteiger partial charge is 0.164 e. The second-order valence-corrected chi connectivity index (χ2v) is 6.05. The van der Waals surface area contributed by atoms with E-state index >= 15 is 0 Å². The zero-order valence-corrected chi connectivity index (χ0v) is 12.3. The minimum atomic E-state index is -0.734. The molecule has 2 rings (SSSR count). The van der Waals surface area contributed by atoms with Gasteiger partial charge in [0.1, 0.15) is 11.6 Å². The van der Waals surface area contributed by atoms with Gasteiger partial charge in [-0.1, -0.05) is 35.0 Å². The molecular formula is C15H15BrO3. The quantitative estimate of drug-likeness (QED) is 0.634. The molecule has 1 aliphatic carbocycles. The zero-order valence-electron chi connectivity index (χ0n) is 10.7. The molecule has 0 spiro atoms. The van der Waals surface area contributed by atoms with Crippen molar-refractivity contribution in [3.05, 3.63) is 34.3 Å². The molecule has 0 radical (unpaired) electrons. The number of carbonyl (C=O) groups excluding carboxylic acids is 3. The van der Waals surface area contributed by atoms with Crippen molar-refractivity contribution >= 4 is 33.3 Å². The maximum Gasteiger partial charge on any atom is 0.164 e. The molecule has 19 heavy (non-hydrogen) atoms.